The smallest absolute Gasteiger partial charge is 0.0808 e. The number of hydrogen-bond donors (Lipinski definition) is 1. The summed E-state index contributed by atoms with van der Waals surface area (Å²) >= 11 is 0. The average molecular weight is 211 g/mol. The fourth-order valence-electron chi connectivity index (χ4n) is 1.62. The van der Waals surface area contributed by atoms with Gasteiger partial charge in [0.2, 0.25) is 0 Å². The first-order valence-corrected chi connectivity index (χ1v) is 5.70. The molecule has 1 fully saturated rings. The molecule has 2 unspecified atom stereocenters. The highest BCUT2D eigenvalue weighted by Gasteiger charge is 2.14. The molecule has 0 aromatic heterocycles. The van der Waals surface area contributed by atoms with E-state index < -0.39 is 0 Å². The van der Waals surface area contributed by atoms with Crippen LogP contribution in [0.4, 0.5) is 0 Å². The number of rotatable bonds is 6. The molecule has 0 amide bonds. The van der Waals surface area contributed by atoms with Gasteiger partial charge in [-0.15, -0.1) is 6.42 Å². The molecule has 1 heterocycles. The van der Waals surface area contributed by atoms with Crippen LogP contribution in [-0.2, 0) is 9.47 Å². The van der Waals surface area contributed by atoms with Crippen LogP contribution in [0.15, 0.2) is 0 Å². The van der Waals surface area contributed by atoms with Crippen molar-refractivity contribution in [2.75, 3.05) is 26.3 Å². The van der Waals surface area contributed by atoms with Crippen LogP contribution in [0.3, 0.4) is 0 Å². The van der Waals surface area contributed by atoms with Crippen molar-refractivity contribution >= 4 is 0 Å². The van der Waals surface area contributed by atoms with Gasteiger partial charge in [-0.1, -0.05) is 5.92 Å². The molecule has 3 heteroatoms. The SMILES string of the molecule is C#CCNCC(C)OCC1CCCCO1. The van der Waals surface area contributed by atoms with Gasteiger partial charge in [-0.05, 0) is 26.2 Å². The third kappa shape index (κ3) is 5.78. The highest BCUT2D eigenvalue weighted by molar-refractivity contribution is 4.86. The molecule has 1 aliphatic heterocycles. The van der Waals surface area contributed by atoms with Crippen molar-refractivity contribution in [1.29, 1.82) is 0 Å². The van der Waals surface area contributed by atoms with Crippen molar-refractivity contribution < 1.29 is 9.47 Å². The average Bonchev–Trinajstić information content (AvgIpc) is 2.28. The number of ether oxygens (including phenoxy) is 2. The second kappa shape index (κ2) is 7.70. The molecule has 0 bridgehead atoms. The van der Waals surface area contributed by atoms with Crippen molar-refractivity contribution in [3.05, 3.63) is 0 Å². The zero-order valence-corrected chi connectivity index (χ0v) is 9.50. The highest BCUT2D eigenvalue weighted by Crippen LogP contribution is 2.13. The van der Waals surface area contributed by atoms with Gasteiger partial charge in [0.05, 0.1) is 25.4 Å². The summed E-state index contributed by atoms with van der Waals surface area (Å²) in [6.07, 6.45) is 9.21. The molecule has 0 saturated carbocycles. The molecule has 3 nitrogen and oxygen atoms in total. The van der Waals surface area contributed by atoms with Gasteiger partial charge in [0, 0.05) is 13.2 Å². The van der Waals surface area contributed by atoms with Crippen LogP contribution in [0, 0.1) is 12.3 Å². The van der Waals surface area contributed by atoms with Crippen molar-refractivity contribution in [2.24, 2.45) is 0 Å². The van der Waals surface area contributed by atoms with E-state index >= 15 is 0 Å². The number of hydrogen-bond acceptors (Lipinski definition) is 3. The van der Waals surface area contributed by atoms with E-state index in [0.29, 0.717) is 19.3 Å². The lowest BCUT2D eigenvalue weighted by molar-refractivity contribution is -0.0582. The molecule has 86 valence electrons. The number of nitrogens with one attached hydrogen (secondary N) is 1. The Morgan fingerprint density at radius 1 is 1.60 bits per heavy atom. The fraction of sp³-hybridized carbons (Fsp3) is 0.833. The largest absolute Gasteiger partial charge is 0.376 e. The summed E-state index contributed by atoms with van der Waals surface area (Å²) in [7, 11) is 0. The minimum atomic E-state index is 0.198. The second-order valence-electron chi connectivity index (χ2n) is 3.97. The summed E-state index contributed by atoms with van der Waals surface area (Å²) in [5.74, 6) is 2.54. The maximum absolute atomic E-state index is 5.67. The van der Waals surface area contributed by atoms with E-state index in [1.807, 2.05) is 6.92 Å². The first kappa shape index (κ1) is 12.5. The molecule has 0 aromatic carbocycles. The normalized spacial score (nSPS) is 23.3. The van der Waals surface area contributed by atoms with E-state index in [4.69, 9.17) is 15.9 Å². The molecule has 1 aliphatic rings. The van der Waals surface area contributed by atoms with Gasteiger partial charge in [0.25, 0.3) is 0 Å². The lowest BCUT2D eigenvalue weighted by Gasteiger charge is -2.24. The van der Waals surface area contributed by atoms with Gasteiger partial charge >= 0.3 is 0 Å². The zero-order valence-electron chi connectivity index (χ0n) is 9.50. The van der Waals surface area contributed by atoms with E-state index in [9.17, 15) is 0 Å². The molecule has 0 aromatic rings. The lowest BCUT2D eigenvalue weighted by Crippen LogP contribution is -2.31. The Bertz CT molecular complexity index is 194. The number of terminal acetylenes is 1. The molecule has 1 saturated heterocycles. The van der Waals surface area contributed by atoms with Crippen molar-refractivity contribution in [3.63, 3.8) is 0 Å². The molecule has 0 spiro atoms. The quantitative estimate of drug-likeness (QED) is 0.528. The van der Waals surface area contributed by atoms with Crippen LogP contribution in [0.25, 0.3) is 0 Å². The Hall–Kier alpha value is -0.560. The Morgan fingerprint density at radius 3 is 3.13 bits per heavy atom. The minimum absolute atomic E-state index is 0.198. The van der Waals surface area contributed by atoms with E-state index in [-0.39, 0.29) is 6.10 Å². The Morgan fingerprint density at radius 2 is 2.47 bits per heavy atom. The standard InChI is InChI=1S/C12H21NO2/c1-3-7-13-9-11(2)15-10-12-6-4-5-8-14-12/h1,11-13H,4-10H2,2H3. The molecule has 0 aliphatic carbocycles. The summed E-state index contributed by atoms with van der Waals surface area (Å²) < 4.78 is 11.2. The van der Waals surface area contributed by atoms with Crippen LogP contribution < -0.4 is 5.32 Å². The third-order valence-electron chi connectivity index (χ3n) is 2.50. The molecule has 1 N–H and O–H groups in total. The Labute approximate surface area is 92.5 Å². The van der Waals surface area contributed by atoms with E-state index in [1.54, 1.807) is 0 Å². The van der Waals surface area contributed by atoms with E-state index in [2.05, 4.69) is 11.2 Å². The van der Waals surface area contributed by atoms with Crippen molar-refractivity contribution in [2.45, 2.75) is 38.4 Å². The van der Waals surface area contributed by atoms with Crippen LogP contribution in [0.5, 0.6) is 0 Å². The van der Waals surface area contributed by atoms with Crippen LogP contribution >= 0.6 is 0 Å². The zero-order chi connectivity index (χ0) is 10.9. The maximum atomic E-state index is 5.67. The summed E-state index contributed by atoms with van der Waals surface area (Å²) in [6, 6.07) is 0. The fourth-order valence-corrected chi connectivity index (χ4v) is 1.62. The predicted octanol–water partition coefficient (Wildman–Crippen LogP) is 1.18. The van der Waals surface area contributed by atoms with Crippen LogP contribution in [-0.4, -0.2) is 38.5 Å². The molecular weight excluding hydrogens is 190 g/mol. The predicted molar refractivity (Wildman–Crippen MR) is 60.7 cm³/mol. The van der Waals surface area contributed by atoms with Gasteiger partial charge in [0.1, 0.15) is 0 Å². The summed E-state index contributed by atoms with van der Waals surface area (Å²) in [5, 5.41) is 3.12. The Balaban J connectivity index is 2.00. The minimum Gasteiger partial charge on any atom is -0.376 e. The van der Waals surface area contributed by atoms with Gasteiger partial charge in [-0.25, -0.2) is 0 Å². The maximum Gasteiger partial charge on any atom is 0.0808 e. The molecule has 0 radical (unpaired) electrons. The summed E-state index contributed by atoms with van der Waals surface area (Å²) in [5.41, 5.74) is 0. The Kier molecular flexibility index (Phi) is 6.42. The van der Waals surface area contributed by atoms with Gasteiger partial charge < -0.3 is 14.8 Å². The summed E-state index contributed by atoms with van der Waals surface area (Å²) in [4.78, 5) is 0. The van der Waals surface area contributed by atoms with Crippen LogP contribution in [0.1, 0.15) is 26.2 Å². The molecule has 1 rings (SSSR count). The highest BCUT2D eigenvalue weighted by atomic mass is 16.5. The first-order valence-electron chi connectivity index (χ1n) is 5.70. The topological polar surface area (TPSA) is 30.5 Å². The molecular formula is C12H21NO2. The first-order chi connectivity index (χ1) is 7.33. The van der Waals surface area contributed by atoms with Crippen molar-refractivity contribution in [1.82, 2.24) is 5.32 Å². The lowest BCUT2D eigenvalue weighted by atomic mass is 10.1. The van der Waals surface area contributed by atoms with Gasteiger partial charge in [0.15, 0.2) is 0 Å². The third-order valence-corrected chi connectivity index (χ3v) is 2.50. The van der Waals surface area contributed by atoms with Crippen molar-refractivity contribution in [3.8, 4) is 12.3 Å². The monoisotopic (exact) mass is 211 g/mol. The van der Waals surface area contributed by atoms with Gasteiger partial charge in [-0.3, -0.25) is 0 Å². The van der Waals surface area contributed by atoms with Gasteiger partial charge in [-0.2, -0.15) is 0 Å². The van der Waals surface area contributed by atoms with Crippen LogP contribution in [0.2, 0.25) is 0 Å². The summed E-state index contributed by atoms with van der Waals surface area (Å²) in [6.45, 7) is 5.05. The second-order valence-corrected chi connectivity index (χ2v) is 3.97. The molecule has 2 atom stereocenters. The van der Waals surface area contributed by atoms with E-state index in [1.165, 1.54) is 12.8 Å². The molecule has 15 heavy (non-hydrogen) atoms. The van der Waals surface area contributed by atoms with E-state index in [0.717, 1.165) is 19.6 Å².